The Kier molecular flexibility index (Phi) is 4.68. The first-order chi connectivity index (χ1) is 11.7. The molecule has 1 nitrogen and oxygen atoms in total. The molecule has 0 N–H and O–H groups in total. The van der Waals surface area contributed by atoms with Gasteiger partial charge in [-0.05, 0) is 47.7 Å². The van der Waals surface area contributed by atoms with E-state index in [2.05, 4.69) is 92.3 Å². The summed E-state index contributed by atoms with van der Waals surface area (Å²) in [5.41, 5.74) is 8.64. The van der Waals surface area contributed by atoms with Crippen LogP contribution in [0.3, 0.4) is 0 Å². The Morgan fingerprint density at radius 3 is 1.75 bits per heavy atom. The van der Waals surface area contributed by atoms with Gasteiger partial charge in [-0.15, -0.1) is 0 Å². The minimum Gasteiger partial charge on any atom is -0.306 e. The maximum atomic E-state index is 3.96. The lowest BCUT2D eigenvalue weighted by molar-refractivity contribution is 0.313. The van der Waals surface area contributed by atoms with Gasteiger partial charge in [-0.25, -0.2) is 0 Å². The molecule has 0 spiro atoms. The van der Waals surface area contributed by atoms with E-state index in [4.69, 9.17) is 0 Å². The normalized spacial score (nSPS) is 24.3. The molecule has 2 aromatic rings. The topological polar surface area (TPSA) is 3.24 Å². The van der Waals surface area contributed by atoms with Crippen molar-refractivity contribution in [1.29, 1.82) is 0 Å². The number of likely N-dealkylation sites (tertiary alicyclic amines) is 1. The van der Waals surface area contributed by atoms with Gasteiger partial charge < -0.3 is 4.90 Å². The number of nitrogens with zero attached hydrogens (tertiary/aromatic N) is 1. The summed E-state index contributed by atoms with van der Waals surface area (Å²) in [6.45, 7) is 2.30. The Hall–Kier alpha value is -0.900. The summed E-state index contributed by atoms with van der Waals surface area (Å²) >= 11 is 7.91. The lowest BCUT2D eigenvalue weighted by Crippen LogP contribution is -2.27. The fourth-order valence-electron chi connectivity index (χ4n) is 3.91. The number of benzene rings is 2. The molecule has 1 heterocycles. The van der Waals surface area contributed by atoms with Gasteiger partial charge in [0.05, 0.1) is 9.65 Å². The second-order valence-electron chi connectivity index (χ2n) is 6.76. The number of piperidine rings is 1. The van der Waals surface area contributed by atoms with E-state index in [9.17, 15) is 0 Å². The van der Waals surface area contributed by atoms with Crippen molar-refractivity contribution in [3.05, 3.63) is 76.4 Å². The van der Waals surface area contributed by atoms with Crippen molar-refractivity contribution in [3.63, 3.8) is 0 Å². The highest BCUT2D eigenvalue weighted by molar-refractivity contribution is 9.12. The summed E-state index contributed by atoms with van der Waals surface area (Å²) < 4.78 is 0. The molecule has 3 heteroatoms. The van der Waals surface area contributed by atoms with Gasteiger partial charge in [-0.2, -0.15) is 0 Å². The van der Waals surface area contributed by atoms with Crippen molar-refractivity contribution in [1.82, 2.24) is 4.90 Å². The van der Waals surface area contributed by atoms with Gasteiger partial charge in [0, 0.05) is 13.1 Å². The standard InChI is InChI=1S/C21H21Br2N/c1-24-12-10-14(11-13-24)19-15-6-2-4-8-17(15)20(22)21(23)18-9-5-3-7-16(18)19/h2-9,20-21H,10-13H2,1H3. The molecule has 2 aliphatic rings. The van der Waals surface area contributed by atoms with Gasteiger partial charge in [-0.1, -0.05) is 86.0 Å². The minimum absolute atomic E-state index is 0.277. The molecule has 2 atom stereocenters. The third-order valence-electron chi connectivity index (χ3n) is 5.26. The molecule has 124 valence electrons. The molecule has 1 saturated heterocycles. The summed E-state index contributed by atoms with van der Waals surface area (Å²) in [6.07, 6.45) is 2.32. The molecule has 0 radical (unpaired) electrons. The minimum atomic E-state index is 0.277. The van der Waals surface area contributed by atoms with E-state index in [0.717, 1.165) is 25.9 Å². The monoisotopic (exact) mass is 445 g/mol. The summed E-state index contributed by atoms with van der Waals surface area (Å²) in [5, 5.41) is 0. The van der Waals surface area contributed by atoms with E-state index in [1.165, 1.54) is 27.8 Å². The SMILES string of the molecule is CN1CCC(=C2c3ccccc3C(Br)C(Br)c3ccccc32)CC1. The third kappa shape index (κ3) is 2.81. The smallest absolute Gasteiger partial charge is 0.0567 e. The molecule has 1 aliphatic carbocycles. The van der Waals surface area contributed by atoms with Gasteiger partial charge >= 0.3 is 0 Å². The van der Waals surface area contributed by atoms with Crippen molar-refractivity contribution in [2.75, 3.05) is 20.1 Å². The van der Waals surface area contributed by atoms with E-state index < -0.39 is 0 Å². The zero-order chi connectivity index (χ0) is 16.7. The van der Waals surface area contributed by atoms with Gasteiger partial charge in [0.15, 0.2) is 0 Å². The fraction of sp³-hybridized carbons (Fsp3) is 0.333. The highest BCUT2D eigenvalue weighted by Crippen LogP contribution is 2.51. The predicted molar refractivity (Wildman–Crippen MR) is 109 cm³/mol. The van der Waals surface area contributed by atoms with Crippen LogP contribution in [0, 0.1) is 0 Å². The molecule has 0 amide bonds. The Morgan fingerprint density at radius 2 is 1.25 bits per heavy atom. The number of alkyl halides is 2. The van der Waals surface area contributed by atoms with Crippen LogP contribution in [0.1, 0.15) is 44.7 Å². The number of rotatable bonds is 0. The predicted octanol–water partition coefficient (Wildman–Crippen LogP) is 6.10. The Bertz CT molecular complexity index is 732. The van der Waals surface area contributed by atoms with E-state index in [0.29, 0.717) is 0 Å². The number of hydrogen-bond donors (Lipinski definition) is 0. The van der Waals surface area contributed by atoms with Gasteiger partial charge in [-0.3, -0.25) is 0 Å². The molecule has 1 fully saturated rings. The molecular formula is C21H21Br2N. The molecule has 2 unspecified atom stereocenters. The molecule has 0 saturated carbocycles. The van der Waals surface area contributed by atoms with Crippen LogP contribution in [-0.2, 0) is 0 Å². The Balaban J connectivity index is 2.00. The lowest BCUT2D eigenvalue weighted by atomic mass is 9.86. The average molecular weight is 447 g/mol. The van der Waals surface area contributed by atoms with Crippen LogP contribution in [0.2, 0.25) is 0 Å². The second-order valence-corrected chi connectivity index (χ2v) is 8.73. The van der Waals surface area contributed by atoms with Crippen molar-refractivity contribution in [2.45, 2.75) is 22.5 Å². The van der Waals surface area contributed by atoms with Crippen LogP contribution in [0.4, 0.5) is 0 Å². The molecule has 2 aromatic carbocycles. The highest BCUT2D eigenvalue weighted by Gasteiger charge is 2.31. The van der Waals surface area contributed by atoms with Crippen LogP contribution in [0.25, 0.3) is 5.57 Å². The Morgan fingerprint density at radius 1 is 0.792 bits per heavy atom. The van der Waals surface area contributed by atoms with Crippen molar-refractivity contribution >= 4 is 37.4 Å². The van der Waals surface area contributed by atoms with E-state index >= 15 is 0 Å². The first kappa shape index (κ1) is 16.6. The second kappa shape index (κ2) is 6.78. The number of halogens is 2. The largest absolute Gasteiger partial charge is 0.306 e. The lowest BCUT2D eigenvalue weighted by Gasteiger charge is -2.27. The summed E-state index contributed by atoms with van der Waals surface area (Å²) in [6, 6.07) is 17.8. The van der Waals surface area contributed by atoms with Crippen LogP contribution >= 0.6 is 31.9 Å². The fourth-order valence-corrected chi connectivity index (χ4v) is 5.28. The van der Waals surface area contributed by atoms with Gasteiger partial charge in [0.25, 0.3) is 0 Å². The molecule has 24 heavy (non-hydrogen) atoms. The van der Waals surface area contributed by atoms with Crippen LogP contribution in [0.5, 0.6) is 0 Å². The van der Waals surface area contributed by atoms with Crippen molar-refractivity contribution in [3.8, 4) is 0 Å². The zero-order valence-electron chi connectivity index (χ0n) is 13.8. The number of hydrogen-bond acceptors (Lipinski definition) is 1. The van der Waals surface area contributed by atoms with Gasteiger partial charge in [0.1, 0.15) is 0 Å². The first-order valence-electron chi connectivity index (χ1n) is 8.54. The highest BCUT2D eigenvalue weighted by atomic mass is 79.9. The quantitative estimate of drug-likeness (QED) is 0.442. The van der Waals surface area contributed by atoms with E-state index in [-0.39, 0.29) is 9.65 Å². The van der Waals surface area contributed by atoms with E-state index in [1.807, 2.05) is 0 Å². The van der Waals surface area contributed by atoms with E-state index in [1.54, 1.807) is 5.57 Å². The molecule has 4 rings (SSSR count). The number of fused-ring (bicyclic) bond motifs is 2. The summed E-state index contributed by atoms with van der Waals surface area (Å²) in [5.74, 6) is 0. The molecular weight excluding hydrogens is 426 g/mol. The maximum Gasteiger partial charge on any atom is 0.0567 e. The molecule has 0 aromatic heterocycles. The maximum absolute atomic E-state index is 3.96. The van der Waals surface area contributed by atoms with Crippen molar-refractivity contribution in [2.24, 2.45) is 0 Å². The average Bonchev–Trinajstić information content (AvgIpc) is 2.71. The molecule has 0 bridgehead atoms. The van der Waals surface area contributed by atoms with Crippen LogP contribution in [0.15, 0.2) is 54.1 Å². The Labute approximate surface area is 161 Å². The van der Waals surface area contributed by atoms with Crippen LogP contribution < -0.4 is 0 Å². The summed E-state index contributed by atoms with van der Waals surface area (Å²) in [7, 11) is 2.22. The van der Waals surface area contributed by atoms with Gasteiger partial charge in [0.2, 0.25) is 0 Å². The summed E-state index contributed by atoms with van der Waals surface area (Å²) in [4.78, 5) is 2.98. The van der Waals surface area contributed by atoms with Crippen molar-refractivity contribution < 1.29 is 0 Å². The first-order valence-corrected chi connectivity index (χ1v) is 10.4. The third-order valence-corrected chi connectivity index (χ3v) is 8.01. The zero-order valence-corrected chi connectivity index (χ0v) is 17.0. The molecule has 1 aliphatic heterocycles. The van der Waals surface area contributed by atoms with Crippen LogP contribution in [-0.4, -0.2) is 25.0 Å².